The first kappa shape index (κ1) is 26.8. The van der Waals surface area contributed by atoms with Crippen molar-refractivity contribution in [1.82, 2.24) is 9.55 Å². The lowest BCUT2D eigenvalue weighted by molar-refractivity contribution is 0.0516. The van der Waals surface area contributed by atoms with Crippen molar-refractivity contribution in [3.05, 3.63) is 114 Å². The van der Waals surface area contributed by atoms with Crippen LogP contribution in [0.3, 0.4) is 0 Å². The topological polar surface area (TPSA) is 101 Å². The fraction of sp³-hybridized carbons (Fsp3) is 0.147. The van der Waals surface area contributed by atoms with E-state index in [4.69, 9.17) is 25.0 Å². The van der Waals surface area contributed by atoms with Crippen LogP contribution in [0.2, 0.25) is 0 Å². The molecule has 210 valence electrons. The molecule has 0 spiro atoms. The normalized spacial score (nSPS) is 12.4. The number of ether oxygens (including phenoxy) is 2. The van der Waals surface area contributed by atoms with Crippen LogP contribution in [-0.2, 0) is 11.4 Å². The standard InChI is InChI=1S/C34H30N4O4/c1-2-3-20-38-31(24-12-8-5-9-13-24)30(23-10-6-4-7-11-23)36-33(38)25-14-16-26(17-15-25)34(39)42-37-32(35)27-18-19-28-29(21-27)41-22-40-28/h4-19,21H,2-3,20,22H2,1H3,(H2,35,37). The number of oxime groups is 1. The summed E-state index contributed by atoms with van der Waals surface area (Å²) in [5.41, 5.74) is 12.0. The van der Waals surface area contributed by atoms with Crippen molar-refractivity contribution in [1.29, 1.82) is 0 Å². The Morgan fingerprint density at radius 2 is 1.52 bits per heavy atom. The zero-order chi connectivity index (χ0) is 28.9. The number of imidazole rings is 1. The van der Waals surface area contributed by atoms with Gasteiger partial charge in [0.2, 0.25) is 6.79 Å². The zero-order valence-corrected chi connectivity index (χ0v) is 23.2. The van der Waals surface area contributed by atoms with Crippen LogP contribution in [0.25, 0.3) is 33.9 Å². The highest BCUT2D eigenvalue weighted by atomic mass is 16.7. The fourth-order valence-electron chi connectivity index (χ4n) is 4.90. The Morgan fingerprint density at radius 1 is 0.857 bits per heavy atom. The molecule has 0 unspecified atom stereocenters. The Balaban J connectivity index is 1.30. The van der Waals surface area contributed by atoms with Gasteiger partial charge in [0, 0.05) is 28.8 Å². The van der Waals surface area contributed by atoms with Crippen LogP contribution in [0.1, 0.15) is 35.7 Å². The van der Waals surface area contributed by atoms with Gasteiger partial charge in [-0.05, 0) is 36.8 Å². The van der Waals surface area contributed by atoms with Crippen molar-refractivity contribution in [2.24, 2.45) is 10.9 Å². The number of fused-ring (bicyclic) bond motifs is 1. The Kier molecular flexibility index (Phi) is 7.68. The minimum Gasteiger partial charge on any atom is -0.454 e. The van der Waals surface area contributed by atoms with Crippen molar-refractivity contribution >= 4 is 11.8 Å². The summed E-state index contributed by atoms with van der Waals surface area (Å²) in [6, 6.07) is 32.9. The van der Waals surface area contributed by atoms with E-state index in [-0.39, 0.29) is 12.6 Å². The molecule has 2 N–H and O–H groups in total. The number of nitrogens with zero attached hydrogens (tertiary/aromatic N) is 3. The SMILES string of the molecule is CCCCn1c(-c2ccc(C(=O)O/N=C(\N)c3ccc4c(c3)OCO4)cc2)nc(-c2ccccc2)c1-c1ccccc1. The van der Waals surface area contributed by atoms with Gasteiger partial charge in [-0.1, -0.05) is 91.3 Å². The molecule has 0 radical (unpaired) electrons. The van der Waals surface area contributed by atoms with Crippen molar-refractivity contribution in [3.63, 3.8) is 0 Å². The molecule has 5 aromatic rings. The predicted octanol–water partition coefficient (Wildman–Crippen LogP) is 6.89. The van der Waals surface area contributed by atoms with E-state index in [1.165, 1.54) is 0 Å². The average Bonchev–Trinajstić information content (AvgIpc) is 3.68. The second-order valence-corrected chi connectivity index (χ2v) is 9.87. The van der Waals surface area contributed by atoms with Crippen LogP contribution >= 0.6 is 0 Å². The maximum Gasteiger partial charge on any atom is 0.365 e. The molecule has 2 heterocycles. The molecule has 0 amide bonds. The number of carbonyl (C=O) groups excluding carboxylic acids is 1. The molecular weight excluding hydrogens is 528 g/mol. The molecule has 0 fully saturated rings. The quantitative estimate of drug-likeness (QED) is 0.0915. The van der Waals surface area contributed by atoms with Crippen LogP contribution in [0.5, 0.6) is 11.5 Å². The van der Waals surface area contributed by atoms with Crippen molar-refractivity contribution in [2.45, 2.75) is 26.3 Å². The second kappa shape index (κ2) is 12.0. The third-order valence-electron chi connectivity index (χ3n) is 7.07. The lowest BCUT2D eigenvalue weighted by Crippen LogP contribution is -2.15. The van der Waals surface area contributed by atoms with Gasteiger partial charge in [0.05, 0.1) is 17.0 Å². The van der Waals surface area contributed by atoms with Gasteiger partial charge in [-0.3, -0.25) is 0 Å². The number of hydrogen-bond donors (Lipinski definition) is 1. The number of benzene rings is 4. The van der Waals surface area contributed by atoms with Gasteiger partial charge in [-0.25, -0.2) is 9.78 Å². The highest BCUT2D eigenvalue weighted by molar-refractivity contribution is 5.98. The number of unbranched alkanes of at least 4 members (excludes halogenated alkanes) is 1. The molecule has 42 heavy (non-hydrogen) atoms. The smallest absolute Gasteiger partial charge is 0.365 e. The molecule has 8 heteroatoms. The van der Waals surface area contributed by atoms with Crippen molar-refractivity contribution in [3.8, 4) is 45.4 Å². The molecule has 1 aromatic heterocycles. The molecule has 0 atom stereocenters. The highest BCUT2D eigenvalue weighted by Gasteiger charge is 2.21. The summed E-state index contributed by atoms with van der Waals surface area (Å²) < 4.78 is 13.0. The average molecular weight is 559 g/mol. The van der Waals surface area contributed by atoms with Gasteiger partial charge in [0.25, 0.3) is 0 Å². The van der Waals surface area contributed by atoms with E-state index in [1.807, 2.05) is 48.5 Å². The van der Waals surface area contributed by atoms with E-state index >= 15 is 0 Å². The number of rotatable bonds is 9. The second-order valence-electron chi connectivity index (χ2n) is 9.87. The first-order chi connectivity index (χ1) is 20.6. The Hall–Kier alpha value is -5.37. The fourth-order valence-corrected chi connectivity index (χ4v) is 4.90. The maximum atomic E-state index is 12.8. The first-order valence-corrected chi connectivity index (χ1v) is 13.9. The molecule has 1 aliphatic heterocycles. The van der Waals surface area contributed by atoms with Crippen LogP contribution in [0.4, 0.5) is 0 Å². The minimum atomic E-state index is -0.616. The lowest BCUT2D eigenvalue weighted by atomic mass is 10.0. The zero-order valence-electron chi connectivity index (χ0n) is 23.2. The van der Waals surface area contributed by atoms with Gasteiger partial charge < -0.3 is 24.6 Å². The molecule has 0 bridgehead atoms. The minimum absolute atomic E-state index is 0.0538. The maximum absolute atomic E-state index is 12.8. The number of carbonyl (C=O) groups is 1. The number of hydrogen-bond acceptors (Lipinski definition) is 6. The molecular formula is C34H30N4O4. The number of aromatic nitrogens is 2. The largest absolute Gasteiger partial charge is 0.454 e. The van der Waals surface area contributed by atoms with Crippen LogP contribution in [-0.4, -0.2) is 28.1 Å². The summed E-state index contributed by atoms with van der Waals surface area (Å²) >= 11 is 0. The van der Waals surface area contributed by atoms with Crippen molar-refractivity contribution in [2.75, 3.05) is 6.79 Å². The molecule has 6 rings (SSSR count). The Bertz CT molecular complexity index is 1730. The van der Waals surface area contributed by atoms with E-state index < -0.39 is 5.97 Å². The van der Waals surface area contributed by atoms with E-state index in [1.54, 1.807) is 30.3 Å². The summed E-state index contributed by atoms with van der Waals surface area (Å²) in [4.78, 5) is 23.1. The van der Waals surface area contributed by atoms with Crippen LogP contribution < -0.4 is 15.2 Å². The molecule has 8 nitrogen and oxygen atoms in total. The van der Waals surface area contributed by atoms with Crippen LogP contribution in [0.15, 0.2) is 108 Å². The molecule has 0 saturated heterocycles. The molecule has 0 saturated carbocycles. The van der Waals surface area contributed by atoms with Crippen molar-refractivity contribution < 1.29 is 19.1 Å². The van der Waals surface area contributed by atoms with Gasteiger partial charge in [-0.15, -0.1) is 0 Å². The molecule has 4 aromatic carbocycles. The van der Waals surface area contributed by atoms with E-state index in [2.05, 4.69) is 40.9 Å². The predicted molar refractivity (Wildman–Crippen MR) is 162 cm³/mol. The summed E-state index contributed by atoms with van der Waals surface area (Å²) in [5.74, 6) is 1.47. The number of nitrogens with two attached hydrogens (primary N) is 1. The van der Waals surface area contributed by atoms with Gasteiger partial charge in [0.15, 0.2) is 17.3 Å². The van der Waals surface area contributed by atoms with Gasteiger partial charge in [0.1, 0.15) is 5.82 Å². The first-order valence-electron chi connectivity index (χ1n) is 13.9. The third-order valence-corrected chi connectivity index (χ3v) is 7.07. The Labute approximate surface area is 244 Å². The van der Waals surface area contributed by atoms with Crippen LogP contribution in [0, 0.1) is 0 Å². The van der Waals surface area contributed by atoms with Gasteiger partial charge >= 0.3 is 5.97 Å². The summed E-state index contributed by atoms with van der Waals surface area (Å²) in [7, 11) is 0. The molecule has 1 aliphatic rings. The number of amidine groups is 1. The highest BCUT2D eigenvalue weighted by Crippen LogP contribution is 2.37. The third kappa shape index (κ3) is 5.47. The van der Waals surface area contributed by atoms with Gasteiger partial charge in [-0.2, -0.15) is 0 Å². The lowest BCUT2D eigenvalue weighted by Gasteiger charge is -2.13. The Morgan fingerprint density at radius 3 is 2.24 bits per heavy atom. The molecule has 0 aliphatic carbocycles. The summed E-state index contributed by atoms with van der Waals surface area (Å²) in [6.07, 6.45) is 2.05. The van der Waals surface area contributed by atoms with E-state index in [0.29, 0.717) is 22.6 Å². The monoisotopic (exact) mass is 558 g/mol. The summed E-state index contributed by atoms with van der Waals surface area (Å²) in [5, 5.41) is 3.84. The van der Waals surface area contributed by atoms with E-state index in [9.17, 15) is 4.79 Å². The van der Waals surface area contributed by atoms with E-state index in [0.717, 1.165) is 53.3 Å². The summed E-state index contributed by atoms with van der Waals surface area (Å²) in [6.45, 7) is 3.15.